The molecule has 0 aliphatic carbocycles. The highest BCUT2D eigenvalue weighted by molar-refractivity contribution is 4.94. The molecule has 2 heteroatoms. The van der Waals surface area contributed by atoms with Crippen molar-refractivity contribution >= 4 is 0 Å². The molecule has 0 unspecified atom stereocenters. The summed E-state index contributed by atoms with van der Waals surface area (Å²) in [5.74, 6) is 0. The molecule has 2 nitrogen and oxygen atoms in total. The van der Waals surface area contributed by atoms with Crippen molar-refractivity contribution < 1.29 is 9.47 Å². The molecule has 0 spiro atoms. The quantitative estimate of drug-likeness (QED) is 0.558. The molecule has 0 N–H and O–H groups in total. The second kappa shape index (κ2) is 2.71. The zero-order valence-electron chi connectivity index (χ0n) is 8.97. The highest BCUT2D eigenvalue weighted by Crippen LogP contribution is 2.36. The van der Waals surface area contributed by atoms with Gasteiger partial charge in [-0.15, -0.1) is 0 Å². The van der Waals surface area contributed by atoms with Gasteiger partial charge in [0, 0.05) is 0 Å². The van der Waals surface area contributed by atoms with E-state index in [1.54, 1.807) is 0 Å². The molecule has 0 amide bonds. The topological polar surface area (TPSA) is 18.5 Å². The molecule has 1 heterocycles. The van der Waals surface area contributed by atoms with Crippen LogP contribution in [0.25, 0.3) is 0 Å². The molecule has 1 fully saturated rings. The maximum Gasteiger partial charge on any atom is 0.0914 e. The lowest BCUT2D eigenvalue weighted by Gasteiger charge is -2.50. The van der Waals surface area contributed by atoms with Crippen LogP contribution >= 0.6 is 0 Å². The second-order valence-electron chi connectivity index (χ2n) is 4.67. The Morgan fingerprint density at radius 3 is 1.25 bits per heavy atom. The fourth-order valence-corrected chi connectivity index (χ4v) is 1.40. The lowest BCUT2D eigenvalue weighted by atomic mass is 9.87. The molecule has 1 aliphatic rings. The van der Waals surface area contributed by atoms with Crippen LogP contribution in [0.15, 0.2) is 0 Å². The van der Waals surface area contributed by atoms with E-state index in [1.807, 2.05) is 0 Å². The first-order chi connectivity index (χ1) is 5.26. The van der Waals surface area contributed by atoms with Crippen LogP contribution in [-0.2, 0) is 9.47 Å². The van der Waals surface area contributed by atoms with Crippen molar-refractivity contribution in [3.05, 3.63) is 0 Å². The zero-order valence-corrected chi connectivity index (χ0v) is 8.97. The summed E-state index contributed by atoms with van der Waals surface area (Å²) in [6, 6.07) is 0. The maximum atomic E-state index is 5.88. The van der Waals surface area contributed by atoms with Crippen LogP contribution in [0.3, 0.4) is 0 Å². The van der Waals surface area contributed by atoms with Gasteiger partial charge < -0.3 is 9.47 Å². The third kappa shape index (κ3) is 1.50. The van der Waals surface area contributed by atoms with Crippen LogP contribution in [0.4, 0.5) is 0 Å². The van der Waals surface area contributed by atoms with Gasteiger partial charge in [-0.05, 0) is 41.5 Å². The maximum absolute atomic E-state index is 5.88. The van der Waals surface area contributed by atoms with Crippen molar-refractivity contribution in [2.45, 2.75) is 65.0 Å². The molecule has 1 rings (SSSR count). The van der Waals surface area contributed by atoms with Crippen molar-refractivity contribution in [1.29, 1.82) is 0 Å². The van der Waals surface area contributed by atoms with E-state index in [4.69, 9.17) is 9.47 Å². The Labute approximate surface area is 75.2 Å². The normalized spacial score (nSPS) is 39.5. The minimum absolute atomic E-state index is 0.188. The molecule has 0 radical (unpaired) electrons. The van der Waals surface area contributed by atoms with Gasteiger partial charge in [0.05, 0.1) is 23.4 Å². The molecule has 72 valence electrons. The fraction of sp³-hybridized carbons (Fsp3) is 1.00. The minimum atomic E-state index is -0.196. The van der Waals surface area contributed by atoms with Gasteiger partial charge in [-0.2, -0.15) is 0 Å². The summed E-state index contributed by atoms with van der Waals surface area (Å²) in [5, 5.41) is 0. The third-order valence-corrected chi connectivity index (χ3v) is 3.07. The van der Waals surface area contributed by atoms with E-state index < -0.39 is 0 Å². The van der Waals surface area contributed by atoms with E-state index in [2.05, 4.69) is 41.5 Å². The highest BCUT2D eigenvalue weighted by atomic mass is 16.6. The van der Waals surface area contributed by atoms with Gasteiger partial charge in [0.2, 0.25) is 0 Å². The number of rotatable bonds is 0. The van der Waals surface area contributed by atoms with Crippen molar-refractivity contribution in [3.63, 3.8) is 0 Å². The predicted octanol–water partition coefficient (Wildman–Crippen LogP) is 2.37. The van der Waals surface area contributed by atoms with E-state index in [9.17, 15) is 0 Å². The summed E-state index contributed by atoms with van der Waals surface area (Å²) in [6.45, 7) is 12.4. The standard InChI is InChI=1S/C10H20O2/c1-7-8(2)12-10(5,6)9(3,4)11-7/h7-8H,1-6H3/t7-,8-/m0/s1. The first-order valence-corrected chi connectivity index (χ1v) is 4.62. The molecular weight excluding hydrogens is 152 g/mol. The van der Waals surface area contributed by atoms with E-state index in [0.717, 1.165) is 0 Å². The average Bonchev–Trinajstić information content (AvgIpc) is 1.82. The first kappa shape index (κ1) is 10.0. The van der Waals surface area contributed by atoms with Crippen LogP contribution in [0.2, 0.25) is 0 Å². The molecule has 0 bridgehead atoms. The summed E-state index contributed by atoms with van der Waals surface area (Å²) in [7, 11) is 0. The van der Waals surface area contributed by atoms with Crippen molar-refractivity contribution in [1.82, 2.24) is 0 Å². The first-order valence-electron chi connectivity index (χ1n) is 4.62. The monoisotopic (exact) mass is 172 g/mol. The zero-order chi connectivity index (χ0) is 9.57. The average molecular weight is 172 g/mol. The van der Waals surface area contributed by atoms with Gasteiger partial charge in [0.15, 0.2) is 0 Å². The van der Waals surface area contributed by atoms with E-state index in [-0.39, 0.29) is 23.4 Å². The number of ether oxygens (including phenoxy) is 2. The Kier molecular flexibility index (Phi) is 2.26. The van der Waals surface area contributed by atoms with E-state index in [1.165, 1.54) is 0 Å². The molecule has 12 heavy (non-hydrogen) atoms. The molecule has 1 saturated heterocycles. The van der Waals surface area contributed by atoms with Gasteiger partial charge in [-0.1, -0.05) is 0 Å². The van der Waals surface area contributed by atoms with Crippen LogP contribution < -0.4 is 0 Å². The van der Waals surface area contributed by atoms with Crippen molar-refractivity contribution in [2.75, 3.05) is 0 Å². The van der Waals surface area contributed by atoms with Crippen LogP contribution in [0.1, 0.15) is 41.5 Å². The Morgan fingerprint density at radius 2 is 1.00 bits per heavy atom. The lowest BCUT2D eigenvalue weighted by Crippen LogP contribution is -2.59. The molecule has 0 aromatic carbocycles. The van der Waals surface area contributed by atoms with Crippen LogP contribution in [0, 0.1) is 0 Å². The van der Waals surface area contributed by atoms with Crippen molar-refractivity contribution in [3.8, 4) is 0 Å². The SMILES string of the molecule is C[C@@H]1OC(C)(C)C(C)(C)O[C@H]1C. The molecule has 0 aromatic heterocycles. The predicted molar refractivity (Wildman–Crippen MR) is 49.3 cm³/mol. The Hall–Kier alpha value is -0.0800. The Morgan fingerprint density at radius 1 is 0.750 bits per heavy atom. The van der Waals surface area contributed by atoms with Gasteiger partial charge in [-0.3, -0.25) is 0 Å². The van der Waals surface area contributed by atoms with Gasteiger partial charge in [-0.25, -0.2) is 0 Å². The van der Waals surface area contributed by atoms with Crippen molar-refractivity contribution in [2.24, 2.45) is 0 Å². The van der Waals surface area contributed by atoms with Crippen LogP contribution in [0.5, 0.6) is 0 Å². The Bertz CT molecular complexity index is 153. The molecular formula is C10H20O2. The highest BCUT2D eigenvalue weighted by Gasteiger charge is 2.46. The summed E-state index contributed by atoms with van der Waals surface area (Å²) in [4.78, 5) is 0. The molecule has 0 saturated carbocycles. The number of hydrogen-bond donors (Lipinski definition) is 0. The lowest BCUT2D eigenvalue weighted by molar-refractivity contribution is -0.285. The molecule has 0 aromatic rings. The van der Waals surface area contributed by atoms with E-state index >= 15 is 0 Å². The summed E-state index contributed by atoms with van der Waals surface area (Å²) < 4.78 is 11.8. The van der Waals surface area contributed by atoms with Crippen LogP contribution in [-0.4, -0.2) is 23.4 Å². The summed E-state index contributed by atoms with van der Waals surface area (Å²) in [5.41, 5.74) is -0.391. The van der Waals surface area contributed by atoms with E-state index in [0.29, 0.717) is 0 Å². The largest absolute Gasteiger partial charge is 0.367 e. The van der Waals surface area contributed by atoms with Gasteiger partial charge in [0.25, 0.3) is 0 Å². The molecule has 2 atom stereocenters. The molecule has 1 aliphatic heterocycles. The summed E-state index contributed by atoms with van der Waals surface area (Å²) >= 11 is 0. The smallest absolute Gasteiger partial charge is 0.0914 e. The summed E-state index contributed by atoms with van der Waals surface area (Å²) in [6.07, 6.45) is 0.376. The van der Waals surface area contributed by atoms with Gasteiger partial charge >= 0.3 is 0 Å². The van der Waals surface area contributed by atoms with Gasteiger partial charge in [0.1, 0.15) is 0 Å². The number of hydrogen-bond acceptors (Lipinski definition) is 2. The third-order valence-electron chi connectivity index (χ3n) is 3.07. The fourth-order valence-electron chi connectivity index (χ4n) is 1.40. The second-order valence-corrected chi connectivity index (χ2v) is 4.67. The minimum Gasteiger partial charge on any atom is -0.367 e. The Balaban J connectivity index is 2.80.